The van der Waals surface area contributed by atoms with Gasteiger partial charge in [0.25, 0.3) is 5.56 Å². The maximum atomic E-state index is 12.1. The largest absolute Gasteiger partial charge is 0.467 e. The Bertz CT molecular complexity index is 665. The van der Waals surface area contributed by atoms with Crippen molar-refractivity contribution in [1.29, 1.82) is 0 Å². The van der Waals surface area contributed by atoms with E-state index < -0.39 is 11.2 Å². The van der Waals surface area contributed by atoms with Crippen molar-refractivity contribution in [2.24, 2.45) is 0 Å². The molecule has 0 aliphatic rings. The van der Waals surface area contributed by atoms with Crippen LogP contribution in [0.5, 0.6) is 0 Å². The van der Waals surface area contributed by atoms with Gasteiger partial charge < -0.3 is 10.2 Å². The summed E-state index contributed by atoms with van der Waals surface area (Å²) in [4.78, 5) is 23.7. The molecule has 6 heteroatoms. The number of allylic oxidation sites excluding steroid dienone is 1. The highest BCUT2D eigenvalue weighted by Crippen LogP contribution is 2.04. The first-order chi connectivity index (χ1) is 8.63. The van der Waals surface area contributed by atoms with Crippen LogP contribution >= 0.6 is 0 Å². The molecule has 94 valence electrons. The average Bonchev–Trinajstić information content (AvgIpc) is 2.83. The van der Waals surface area contributed by atoms with Gasteiger partial charge in [-0.3, -0.25) is 13.9 Å². The van der Waals surface area contributed by atoms with E-state index in [4.69, 9.17) is 10.2 Å². The Morgan fingerprint density at radius 3 is 2.78 bits per heavy atom. The van der Waals surface area contributed by atoms with Gasteiger partial charge in [0.15, 0.2) is 0 Å². The summed E-state index contributed by atoms with van der Waals surface area (Å²) in [6.07, 6.45) is 2.99. The van der Waals surface area contributed by atoms with E-state index in [1.807, 2.05) is 0 Å². The van der Waals surface area contributed by atoms with Gasteiger partial charge in [-0.15, -0.1) is 6.58 Å². The predicted molar refractivity (Wildman–Crippen MR) is 67.4 cm³/mol. The molecule has 0 bridgehead atoms. The summed E-state index contributed by atoms with van der Waals surface area (Å²) in [5.41, 5.74) is 4.77. The van der Waals surface area contributed by atoms with Crippen molar-refractivity contribution in [1.82, 2.24) is 9.13 Å². The zero-order chi connectivity index (χ0) is 13.1. The van der Waals surface area contributed by atoms with E-state index in [0.29, 0.717) is 5.76 Å². The van der Waals surface area contributed by atoms with Gasteiger partial charge in [-0.2, -0.15) is 0 Å². The van der Waals surface area contributed by atoms with Crippen LogP contribution in [0.25, 0.3) is 0 Å². The summed E-state index contributed by atoms with van der Waals surface area (Å²) in [6, 6.07) is 4.67. The molecule has 0 saturated heterocycles. The minimum Gasteiger partial charge on any atom is -0.467 e. The lowest BCUT2D eigenvalue weighted by atomic mass is 10.4. The number of nitrogens with two attached hydrogens (primary N) is 1. The molecule has 2 N–H and O–H groups in total. The average molecular weight is 247 g/mol. The van der Waals surface area contributed by atoms with Crippen molar-refractivity contribution in [3.8, 4) is 0 Å². The van der Waals surface area contributed by atoms with Crippen LogP contribution in [0.15, 0.2) is 51.1 Å². The van der Waals surface area contributed by atoms with Crippen molar-refractivity contribution in [2.75, 3.05) is 5.73 Å². The summed E-state index contributed by atoms with van der Waals surface area (Å²) in [6.45, 7) is 3.85. The maximum absolute atomic E-state index is 12.1. The molecule has 0 atom stereocenters. The van der Waals surface area contributed by atoms with Crippen molar-refractivity contribution in [3.05, 3.63) is 63.7 Å². The fourth-order valence-electron chi connectivity index (χ4n) is 1.65. The molecule has 0 spiro atoms. The van der Waals surface area contributed by atoms with Crippen LogP contribution in [-0.4, -0.2) is 9.13 Å². The zero-order valence-electron chi connectivity index (χ0n) is 9.70. The van der Waals surface area contributed by atoms with Crippen molar-refractivity contribution in [2.45, 2.75) is 13.1 Å². The van der Waals surface area contributed by atoms with E-state index in [0.717, 1.165) is 4.57 Å². The van der Waals surface area contributed by atoms with E-state index in [-0.39, 0.29) is 18.9 Å². The molecule has 0 saturated carbocycles. The Morgan fingerprint density at radius 1 is 1.39 bits per heavy atom. The lowest BCUT2D eigenvalue weighted by molar-refractivity contribution is 0.482. The fraction of sp³-hybridized carbons (Fsp3) is 0.167. The number of hydrogen-bond acceptors (Lipinski definition) is 4. The molecular weight excluding hydrogens is 234 g/mol. The number of anilines is 1. The lowest BCUT2D eigenvalue weighted by Crippen LogP contribution is -2.40. The third-order valence-electron chi connectivity index (χ3n) is 2.52. The second-order valence-corrected chi connectivity index (χ2v) is 3.75. The van der Waals surface area contributed by atoms with Gasteiger partial charge >= 0.3 is 5.69 Å². The summed E-state index contributed by atoms with van der Waals surface area (Å²) in [7, 11) is 0. The Kier molecular flexibility index (Phi) is 3.18. The first kappa shape index (κ1) is 12.0. The normalized spacial score (nSPS) is 10.4. The molecule has 18 heavy (non-hydrogen) atoms. The molecule has 0 aliphatic carbocycles. The van der Waals surface area contributed by atoms with Gasteiger partial charge in [-0.05, 0) is 12.1 Å². The van der Waals surface area contributed by atoms with Crippen molar-refractivity contribution in [3.63, 3.8) is 0 Å². The summed E-state index contributed by atoms with van der Waals surface area (Å²) >= 11 is 0. The molecule has 0 amide bonds. The maximum Gasteiger partial charge on any atom is 0.333 e. The molecule has 0 radical (unpaired) electrons. The zero-order valence-corrected chi connectivity index (χ0v) is 9.70. The van der Waals surface area contributed by atoms with E-state index in [1.165, 1.54) is 23.0 Å². The van der Waals surface area contributed by atoms with Gasteiger partial charge in [-0.1, -0.05) is 6.08 Å². The molecule has 0 unspecified atom stereocenters. The third-order valence-corrected chi connectivity index (χ3v) is 2.52. The fourth-order valence-corrected chi connectivity index (χ4v) is 1.65. The highest BCUT2D eigenvalue weighted by Gasteiger charge is 2.09. The molecule has 2 aromatic rings. The molecule has 0 aliphatic heterocycles. The van der Waals surface area contributed by atoms with Crippen molar-refractivity contribution >= 4 is 5.82 Å². The van der Waals surface area contributed by atoms with Crippen LogP contribution in [-0.2, 0) is 13.1 Å². The second-order valence-electron chi connectivity index (χ2n) is 3.75. The van der Waals surface area contributed by atoms with Gasteiger partial charge in [0.05, 0.1) is 12.8 Å². The highest BCUT2D eigenvalue weighted by atomic mass is 16.3. The number of nitrogen functional groups attached to an aromatic ring is 1. The van der Waals surface area contributed by atoms with E-state index >= 15 is 0 Å². The molecule has 2 heterocycles. The first-order valence-corrected chi connectivity index (χ1v) is 5.37. The number of furan rings is 1. The van der Waals surface area contributed by atoms with E-state index in [9.17, 15) is 9.59 Å². The van der Waals surface area contributed by atoms with Crippen LogP contribution in [0, 0.1) is 0 Å². The number of nitrogens with zero attached hydrogens (tertiary/aromatic N) is 2. The summed E-state index contributed by atoms with van der Waals surface area (Å²) < 4.78 is 7.50. The second kappa shape index (κ2) is 4.79. The SMILES string of the molecule is C=CCn1c(=O)cc(N)n(Cc2ccco2)c1=O. The molecule has 0 aromatic carbocycles. The smallest absolute Gasteiger partial charge is 0.333 e. The first-order valence-electron chi connectivity index (χ1n) is 5.37. The standard InChI is InChI=1S/C12H13N3O3/c1-2-5-14-11(16)7-10(13)15(12(14)17)8-9-4-3-6-18-9/h2-4,6-7H,1,5,8,13H2. The third kappa shape index (κ3) is 2.13. The topological polar surface area (TPSA) is 83.2 Å². The summed E-state index contributed by atoms with van der Waals surface area (Å²) in [5.74, 6) is 0.703. The molecule has 2 aromatic heterocycles. The Morgan fingerprint density at radius 2 is 2.17 bits per heavy atom. The van der Waals surface area contributed by atoms with Crippen LogP contribution in [0.4, 0.5) is 5.82 Å². The highest BCUT2D eigenvalue weighted by molar-refractivity contribution is 5.27. The molecular formula is C12H13N3O3. The van der Waals surface area contributed by atoms with Crippen molar-refractivity contribution < 1.29 is 4.42 Å². The van der Waals surface area contributed by atoms with Gasteiger partial charge in [0, 0.05) is 12.6 Å². The Hall–Kier alpha value is -2.50. The minimum atomic E-state index is -0.476. The monoisotopic (exact) mass is 247 g/mol. The Labute approximate surface area is 103 Å². The van der Waals surface area contributed by atoms with Crippen LogP contribution < -0.4 is 17.0 Å². The lowest BCUT2D eigenvalue weighted by Gasteiger charge is -2.10. The predicted octanol–water partition coefficient (Wildman–Crippen LogP) is 0.419. The van der Waals surface area contributed by atoms with Crippen LogP contribution in [0.3, 0.4) is 0 Å². The number of aromatic nitrogens is 2. The van der Waals surface area contributed by atoms with Gasteiger partial charge in [0.1, 0.15) is 11.6 Å². The van der Waals surface area contributed by atoms with E-state index in [2.05, 4.69) is 6.58 Å². The molecule has 2 rings (SSSR count). The van der Waals surface area contributed by atoms with Gasteiger partial charge in [0.2, 0.25) is 0 Å². The number of hydrogen-bond donors (Lipinski definition) is 1. The van der Waals surface area contributed by atoms with Crippen LogP contribution in [0.1, 0.15) is 5.76 Å². The minimum absolute atomic E-state index is 0.113. The number of rotatable bonds is 4. The quantitative estimate of drug-likeness (QED) is 0.794. The van der Waals surface area contributed by atoms with Crippen LogP contribution in [0.2, 0.25) is 0 Å². The molecule has 0 fully saturated rings. The molecule has 6 nitrogen and oxygen atoms in total. The Balaban J connectivity index is 2.53. The summed E-state index contributed by atoms with van der Waals surface area (Å²) in [5, 5.41) is 0. The van der Waals surface area contributed by atoms with Gasteiger partial charge in [-0.25, -0.2) is 4.79 Å². The van der Waals surface area contributed by atoms with E-state index in [1.54, 1.807) is 12.1 Å².